The molecule has 0 aromatic heterocycles. The van der Waals surface area contributed by atoms with Gasteiger partial charge in [0.2, 0.25) is 0 Å². The Morgan fingerprint density at radius 2 is 1.69 bits per heavy atom. The van der Waals surface area contributed by atoms with Gasteiger partial charge < -0.3 is 0 Å². The molecule has 1 nitrogen and oxygen atoms in total. The van der Waals surface area contributed by atoms with Crippen molar-refractivity contribution < 1.29 is 18.0 Å². The third-order valence-electron chi connectivity index (χ3n) is 9.45. The lowest BCUT2D eigenvalue weighted by molar-refractivity contribution is -0.147. The monoisotopic (exact) mass is 370 g/mol. The Morgan fingerprint density at radius 1 is 0.962 bits per heavy atom. The number of carbonyl (C=O) groups excluding carboxylic acids is 1. The topological polar surface area (TPSA) is 17.1 Å². The number of rotatable bonds is 2. The van der Waals surface area contributed by atoms with Crippen molar-refractivity contribution in [1.82, 2.24) is 0 Å². The minimum atomic E-state index is -4.02. The first-order valence-corrected chi connectivity index (χ1v) is 10.7. The van der Waals surface area contributed by atoms with E-state index < -0.39 is 12.6 Å². The summed E-state index contributed by atoms with van der Waals surface area (Å²) in [5.41, 5.74) is 0.405. The summed E-state index contributed by atoms with van der Waals surface area (Å²) in [6, 6.07) is 0. The summed E-state index contributed by atoms with van der Waals surface area (Å²) in [4.78, 5) is 12.0. The second-order valence-electron chi connectivity index (χ2n) is 10.4. The fraction of sp³-hybridized carbons (Fsp3) is 0.955. The second-order valence-corrected chi connectivity index (χ2v) is 10.4. The maximum absolute atomic E-state index is 12.8. The highest BCUT2D eigenvalue weighted by molar-refractivity contribution is 5.79. The van der Waals surface area contributed by atoms with Crippen molar-refractivity contribution in [2.45, 2.75) is 90.7 Å². The first-order valence-electron chi connectivity index (χ1n) is 10.7. The van der Waals surface area contributed by atoms with Crippen molar-refractivity contribution in [3.8, 4) is 0 Å². The molecule has 0 aliphatic heterocycles. The molecule has 0 bridgehead atoms. The van der Waals surface area contributed by atoms with Gasteiger partial charge in [0.15, 0.2) is 0 Å². The summed E-state index contributed by atoms with van der Waals surface area (Å²) in [6.45, 7) is 4.74. The van der Waals surface area contributed by atoms with Gasteiger partial charge in [0.05, 0.1) is 0 Å². The molecule has 4 fully saturated rings. The molecule has 0 aromatic rings. The van der Waals surface area contributed by atoms with E-state index in [0.29, 0.717) is 41.3 Å². The average Bonchev–Trinajstić information content (AvgIpc) is 2.89. The van der Waals surface area contributed by atoms with Gasteiger partial charge in [-0.15, -0.1) is 0 Å². The molecule has 148 valence electrons. The van der Waals surface area contributed by atoms with Gasteiger partial charge in [-0.05, 0) is 91.8 Å². The molecular formula is C22H33F3O. The van der Waals surface area contributed by atoms with E-state index in [1.165, 1.54) is 12.8 Å². The Balaban J connectivity index is 1.52. The summed E-state index contributed by atoms with van der Waals surface area (Å²) in [5.74, 6) is 3.22. The molecule has 4 heteroatoms. The Kier molecular flexibility index (Phi) is 4.51. The molecule has 0 saturated heterocycles. The molecule has 0 aromatic carbocycles. The number of halogens is 3. The first-order chi connectivity index (χ1) is 12.1. The van der Waals surface area contributed by atoms with Crippen LogP contribution in [0.4, 0.5) is 13.2 Å². The zero-order chi connectivity index (χ0) is 18.7. The van der Waals surface area contributed by atoms with E-state index in [2.05, 4.69) is 13.8 Å². The predicted octanol–water partition coefficient (Wildman–Crippen LogP) is 6.56. The number of fused-ring (bicyclic) bond motifs is 5. The van der Waals surface area contributed by atoms with Crippen LogP contribution < -0.4 is 0 Å². The Labute approximate surface area is 155 Å². The van der Waals surface area contributed by atoms with Gasteiger partial charge in [-0.3, -0.25) is 4.79 Å². The molecule has 0 N–H and O–H groups in total. The largest absolute Gasteiger partial charge is 0.389 e. The zero-order valence-corrected chi connectivity index (χ0v) is 16.2. The molecular weight excluding hydrogens is 337 g/mol. The Bertz CT molecular complexity index is 570. The van der Waals surface area contributed by atoms with Gasteiger partial charge in [-0.1, -0.05) is 13.8 Å². The van der Waals surface area contributed by atoms with Gasteiger partial charge in [-0.2, -0.15) is 13.2 Å². The summed E-state index contributed by atoms with van der Waals surface area (Å²) in [5, 5.41) is 0. The molecule has 7 unspecified atom stereocenters. The van der Waals surface area contributed by atoms with Crippen LogP contribution in [-0.4, -0.2) is 12.0 Å². The maximum atomic E-state index is 12.8. The van der Waals surface area contributed by atoms with E-state index in [4.69, 9.17) is 0 Å². The van der Waals surface area contributed by atoms with Crippen molar-refractivity contribution in [3.05, 3.63) is 0 Å². The van der Waals surface area contributed by atoms with Crippen molar-refractivity contribution in [2.24, 2.45) is 40.4 Å². The molecule has 4 aliphatic carbocycles. The highest BCUT2D eigenvalue weighted by atomic mass is 19.4. The number of hydrogen-bond donors (Lipinski definition) is 0. The quantitative estimate of drug-likeness (QED) is 0.538. The summed E-state index contributed by atoms with van der Waals surface area (Å²) in [6.07, 6.45) is 4.97. The van der Waals surface area contributed by atoms with Crippen LogP contribution in [0, 0.1) is 40.4 Å². The number of carbonyl (C=O) groups is 1. The van der Waals surface area contributed by atoms with Gasteiger partial charge >= 0.3 is 6.18 Å². The summed E-state index contributed by atoms with van der Waals surface area (Å²) >= 11 is 0. The van der Waals surface area contributed by atoms with E-state index in [1.807, 2.05) is 0 Å². The molecule has 26 heavy (non-hydrogen) atoms. The van der Waals surface area contributed by atoms with Crippen LogP contribution >= 0.6 is 0 Å². The number of ketones is 1. The van der Waals surface area contributed by atoms with E-state index in [9.17, 15) is 18.0 Å². The minimum absolute atomic E-state index is 0.111. The van der Waals surface area contributed by atoms with Crippen LogP contribution in [0.2, 0.25) is 0 Å². The van der Waals surface area contributed by atoms with Gasteiger partial charge in [-0.25, -0.2) is 0 Å². The van der Waals surface area contributed by atoms with Crippen molar-refractivity contribution in [2.75, 3.05) is 0 Å². The van der Waals surface area contributed by atoms with Crippen molar-refractivity contribution in [1.29, 1.82) is 0 Å². The fourth-order valence-electron chi connectivity index (χ4n) is 7.97. The predicted molar refractivity (Wildman–Crippen MR) is 95.5 cm³/mol. The third-order valence-corrected chi connectivity index (χ3v) is 9.45. The number of hydrogen-bond acceptors (Lipinski definition) is 1. The molecule has 7 atom stereocenters. The van der Waals surface area contributed by atoms with Gasteiger partial charge in [0.1, 0.15) is 5.78 Å². The first kappa shape index (κ1) is 18.8. The molecule has 4 rings (SSSR count). The van der Waals surface area contributed by atoms with Gasteiger partial charge in [0.25, 0.3) is 0 Å². The summed E-state index contributed by atoms with van der Waals surface area (Å²) < 4.78 is 38.3. The van der Waals surface area contributed by atoms with E-state index >= 15 is 0 Å². The van der Waals surface area contributed by atoms with E-state index in [1.54, 1.807) is 0 Å². The SMILES string of the molecule is CC12CCC3C(CCC4CC(=O)CCC43C)C1CCC2CCC(F)(F)F. The number of alkyl halides is 3. The van der Waals surface area contributed by atoms with Crippen molar-refractivity contribution >= 4 is 5.78 Å². The van der Waals surface area contributed by atoms with E-state index in [0.717, 1.165) is 44.9 Å². The third kappa shape index (κ3) is 2.94. The van der Waals surface area contributed by atoms with Crippen LogP contribution in [0.25, 0.3) is 0 Å². The molecule has 0 amide bonds. The van der Waals surface area contributed by atoms with Crippen LogP contribution in [0.15, 0.2) is 0 Å². The van der Waals surface area contributed by atoms with Crippen LogP contribution in [0.3, 0.4) is 0 Å². The Morgan fingerprint density at radius 3 is 2.42 bits per heavy atom. The van der Waals surface area contributed by atoms with Crippen molar-refractivity contribution in [3.63, 3.8) is 0 Å². The Hall–Kier alpha value is -0.540. The standard InChI is InChI=1S/C22H33F3O/c1-20-11-9-19-17(5-3-15-13-16(26)8-10-21(15,19)2)18(20)6-4-14(20)7-12-22(23,24)25/h14-15,17-19H,3-13H2,1-2H3. The molecule has 4 saturated carbocycles. The zero-order valence-electron chi connectivity index (χ0n) is 16.2. The van der Waals surface area contributed by atoms with E-state index in [-0.39, 0.29) is 11.3 Å². The maximum Gasteiger partial charge on any atom is 0.389 e. The summed E-state index contributed by atoms with van der Waals surface area (Å²) in [7, 11) is 0. The van der Waals surface area contributed by atoms with Gasteiger partial charge in [0, 0.05) is 19.3 Å². The molecule has 4 aliphatic rings. The lowest BCUT2D eigenvalue weighted by Gasteiger charge is -2.60. The minimum Gasteiger partial charge on any atom is -0.300 e. The highest BCUT2D eigenvalue weighted by Crippen LogP contribution is 2.67. The smallest absolute Gasteiger partial charge is 0.300 e. The van der Waals surface area contributed by atoms with Crippen LogP contribution in [0.1, 0.15) is 84.5 Å². The van der Waals surface area contributed by atoms with Crippen LogP contribution in [0.5, 0.6) is 0 Å². The normalized spacial score (nSPS) is 48.7. The second kappa shape index (κ2) is 6.24. The van der Waals surface area contributed by atoms with Crippen LogP contribution in [-0.2, 0) is 4.79 Å². The lowest BCUT2D eigenvalue weighted by Crippen LogP contribution is -2.53. The number of Topliss-reactive ketones (excluding diaryl/α,β-unsaturated/α-hetero) is 1. The highest BCUT2D eigenvalue weighted by Gasteiger charge is 2.60. The molecule has 0 spiro atoms. The molecule has 0 radical (unpaired) electrons. The fourth-order valence-corrected chi connectivity index (χ4v) is 7.97. The molecule has 0 heterocycles. The average molecular weight is 370 g/mol. The lowest BCUT2D eigenvalue weighted by atomic mass is 9.44.